The second-order valence-corrected chi connectivity index (χ2v) is 7.31. The number of hydrogen-bond donors (Lipinski definition) is 1. The number of carbonyl (C=O) groups excluding carboxylic acids is 1. The van der Waals surface area contributed by atoms with Crippen molar-refractivity contribution in [2.75, 3.05) is 18.4 Å². The van der Waals surface area contributed by atoms with Crippen LogP contribution in [0.3, 0.4) is 0 Å². The first-order valence-electron chi connectivity index (χ1n) is 9.40. The highest BCUT2D eigenvalue weighted by molar-refractivity contribution is 5.82. The topological polar surface area (TPSA) is 67.3 Å². The number of nitrogens with zero attached hydrogens (tertiary/aromatic N) is 3. The molecule has 1 amide bonds. The molecule has 1 aliphatic carbocycles. The fraction of sp³-hybridized carbons (Fsp3) is 0.450. The molecule has 2 aliphatic heterocycles. The summed E-state index contributed by atoms with van der Waals surface area (Å²) in [5.74, 6) is 1.88. The Balaban J connectivity index is 1.30. The van der Waals surface area contributed by atoms with Crippen LogP contribution in [-0.2, 0) is 24.1 Å². The Kier molecular flexibility index (Phi) is 3.76. The molecule has 0 spiro atoms. The zero-order chi connectivity index (χ0) is 17.5. The summed E-state index contributed by atoms with van der Waals surface area (Å²) >= 11 is 0. The molecule has 3 aliphatic rings. The number of benzene rings is 1. The molecule has 0 bridgehead atoms. The number of nitrogens with one attached hydrogen (secondary N) is 1. The van der Waals surface area contributed by atoms with Crippen LogP contribution in [0.1, 0.15) is 29.7 Å². The van der Waals surface area contributed by atoms with Gasteiger partial charge in [-0.25, -0.2) is 9.97 Å². The molecule has 3 heterocycles. The summed E-state index contributed by atoms with van der Waals surface area (Å²) in [7, 11) is 0. The molecular formula is C20H22N4O2. The molecular weight excluding hydrogens is 328 g/mol. The highest BCUT2D eigenvalue weighted by atomic mass is 16.5. The van der Waals surface area contributed by atoms with E-state index in [2.05, 4.69) is 15.3 Å². The van der Waals surface area contributed by atoms with Gasteiger partial charge in [-0.15, -0.1) is 0 Å². The SMILES string of the molecule is O=C([C@@H]1Cc2ccccc2O1)N1CCc2ncnc(NC3CC3)c2CC1. The summed E-state index contributed by atoms with van der Waals surface area (Å²) < 4.78 is 5.89. The second kappa shape index (κ2) is 6.27. The fourth-order valence-corrected chi connectivity index (χ4v) is 3.82. The molecule has 1 aromatic carbocycles. The first kappa shape index (κ1) is 15.6. The van der Waals surface area contributed by atoms with Crippen molar-refractivity contribution >= 4 is 11.7 Å². The Bertz CT molecular complexity index is 824. The van der Waals surface area contributed by atoms with E-state index in [0.717, 1.165) is 35.7 Å². The van der Waals surface area contributed by atoms with E-state index in [1.807, 2.05) is 29.2 Å². The van der Waals surface area contributed by atoms with Gasteiger partial charge in [0.15, 0.2) is 6.10 Å². The zero-order valence-corrected chi connectivity index (χ0v) is 14.6. The minimum absolute atomic E-state index is 0.0821. The van der Waals surface area contributed by atoms with E-state index in [1.165, 1.54) is 18.4 Å². The molecule has 1 N–H and O–H groups in total. The third-order valence-electron chi connectivity index (χ3n) is 5.44. The van der Waals surface area contributed by atoms with Crippen molar-refractivity contribution in [3.8, 4) is 5.75 Å². The van der Waals surface area contributed by atoms with Crippen molar-refractivity contribution in [2.45, 2.75) is 44.2 Å². The van der Waals surface area contributed by atoms with E-state index in [4.69, 9.17) is 4.74 Å². The van der Waals surface area contributed by atoms with E-state index < -0.39 is 6.10 Å². The normalized spacial score (nSPS) is 21.4. The molecule has 1 aromatic heterocycles. The van der Waals surface area contributed by atoms with Crippen molar-refractivity contribution in [3.05, 3.63) is 47.4 Å². The van der Waals surface area contributed by atoms with Crippen LogP contribution in [0.15, 0.2) is 30.6 Å². The van der Waals surface area contributed by atoms with Crippen LogP contribution in [-0.4, -0.2) is 46.0 Å². The summed E-state index contributed by atoms with van der Waals surface area (Å²) in [6.07, 6.45) is 5.87. The van der Waals surface area contributed by atoms with Gasteiger partial charge in [-0.05, 0) is 30.9 Å². The van der Waals surface area contributed by atoms with Gasteiger partial charge >= 0.3 is 0 Å². The molecule has 0 unspecified atom stereocenters. The molecule has 6 heteroatoms. The number of amides is 1. The van der Waals surface area contributed by atoms with Crippen LogP contribution in [0.25, 0.3) is 0 Å². The predicted molar refractivity (Wildman–Crippen MR) is 97.2 cm³/mol. The number of anilines is 1. The van der Waals surface area contributed by atoms with Gasteiger partial charge in [0, 0.05) is 37.5 Å². The lowest BCUT2D eigenvalue weighted by atomic mass is 10.1. The van der Waals surface area contributed by atoms with Crippen LogP contribution in [0.4, 0.5) is 5.82 Å². The monoisotopic (exact) mass is 350 g/mol. The van der Waals surface area contributed by atoms with Crippen molar-refractivity contribution in [3.63, 3.8) is 0 Å². The summed E-state index contributed by atoms with van der Waals surface area (Å²) in [4.78, 5) is 23.8. The Morgan fingerprint density at radius 1 is 1.15 bits per heavy atom. The second-order valence-electron chi connectivity index (χ2n) is 7.31. The minimum Gasteiger partial charge on any atom is -0.480 e. The largest absolute Gasteiger partial charge is 0.480 e. The van der Waals surface area contributed by atoms with Gasteiger partial charge in [0.05, 0.1) is 5.69 Å². The average molecular weight is 350 g/mol. The van der Waals surface area contributed by atoms with E-state index >= 15 is 0 Å². The van der Waals surface area contributed by atoms with Crippen LogP contribution < -0.4 is 10.1 Å². The molecule has 0 radical (unpaired) electrons. The fourth-order valence-electron chi connectivity index (χ4n) is 3.82. The summed E-state index contributed by atoms with van der Waals surface area (Å²) in [5.41, 5.74) is 3.35. The summed E-state index contributed by atoms with van der Waals surface area (Å²) in [5, 5.41) is 3.50. The number of hydrogen-bond acceptors (Lipinski definition) is 5. The van der Waals surface area contributed by atoms with Crippen molar-refractivity contribution < 1.29 is 9.53 Å². The van der Waals surface area contributed by atoms with E-state index in [0.29, 0.717) is 25.6 Å². The van der Waals surface area contributed by atoms with Crippen molar-refractivity contribution in [1.82, 2.24) is 14.9 Å². The van der Waals surface area contributed by atoms with Crippen molar-refractivity contribution in [1.29, 1.82) is 0 Å². The summed E-state index contributed by atoms with van der Waals surface area (Å²) in [6, 6.07) is 8.46. The van der Waals surface area contributed by atoms with Crippen molar-refractivity contribution in [2.24, 2.45) is 0 Å². The van der Waals surface area contributed by atoms with Crippen LogP contribution in [0, 0.1) is 0 Å². The Labute approximate surface area is 152 Å². The van der Waals surface area contributed by atoms with Gasteiger partial charge < -0.3 is 15.0 Å². The number of ether oxygens (including phenoxy) is 1. The maximum atomic E-state index is 13.0. The molecule has 6 nitrogen and oxygen atoms in total. The number of fused-ring (bicyclic) bond motifs is 2. The molecule has 5 rings (SSSR count). The molecule has 26 heavy (non-hydrogen) atoms. The average Bonchev–Trinajstić information content (AvgIpc) is 3.41. The first-order chi connectivity index (χ1) is 12.8. The minimum atomic E-state index is -0.399. The zero-order valence-electron chi connectivity index (χ0n) is 14.6. The van der Waals surface area contributed by atoms with Crippen LogP contribution in [0.2, 0.25) is 0 Å². The number of rotatable bonds is 3. The highest BCUT2D eigenvalue weighted by Crippen LogP contribution is 2.30. The maximum Gasteiger partial charge on any atom is 0.264 e. The Morgan fingerprint density at radius 3 is 2.85 bits per heavy atom. The first-order valence-corrected chi connectivity index (χ1v) is 9.40. The van der Waals surface area contributed by atoms with Crippen LogP contribution in [0.5, 0.6) is 5.75 Å². The highest BCUT2D eigenvalue weighted by Gasteiger charge is 2.33. The lowest BCUT2D eigenvalue weighted by Gasteiger charge is -2.23. The third-order valence-corrected chi connectivity index (χ3v) is 5.44. The lowest BCUT2D eigenvalue weighted by Crippen LogP contribution is -2.42. The molecule has 2 aromatic rings. The summed E-state index contributed by atoms with van der Waals surface area (Å²) in [6.45, 7) is 1.37. The van der Waals surface area contributed by atoms with Gasteiger partial charge in [-0.3, -0.25) is 4.79 Å². The lowest BCUT2D eigenvalue weighted by molar-refractivity contribution is -0.137. The van der Waals surface area contributed by atoms with E-state index in [-0.39, 0.29) is 5.91 Å². The predicted octanol–water partition coefficient (Wildman–Crippen LogP) is 1.98. The number of para-hydroxylation sites is 1. The number of aromatic nitrogens is 2. The van der Waals surface area contributed by atoms with Gasteiger partial charge in [-0.1, -0.05) is 18.2 Å². The molecule has 1 atom stereocenters. The van der Waals surface area contributed by atoms with E-state index in [1.54, 1.807) is 6.33 Å². The maximum absolute atomic E-state index is 13.0. The van der Waals surface area contributed by atoms with E-state index in [9.17, 15) is 4.79 Å². The van der Waals surface area contributed by atoms with Gasteiger partial charge in [0.1, 0.15) is 17.9 Å². The molecule has 0 saturated heterocycles. The number of carbonyl (C=O) groups is 1. The Morgan fingerprint density at radius 2 is 2.00 bits per heavy atom. The molecule has 1 fully saturated rings. The molecule has 1 saturated carbocycles. The third kappa shape index (κ3) is 2.89. The Hall–Kier alpha value is -2.63. The standard InChI is InChI=1S/C20H22N4O2/c25-20(18-11-13-3-1-2-4-17(13)26-18)24-9-7-15-16(8-10-24)21-12-22-19(15)23-14-5-6-14/h1-4,12,14,18H,5-11H2,(H,21,22,23)/t18-/m0/s1. The smallest absolute Gasteiger partial charge is 0.264 e. The van der Waals surface area contributed by atoms with Gasteiger partial charge in [-0.2, -0.15) is 0 Å². The van der Waals surface area contributed by atoms with Gasteiger partial charge in [0.2, 0.25) is 0 Å². The van der Waals surface area contributed by atoms with Gasteiger partial charge in [0.25, 0.3) is 5.91 Å². The van der Waals surface area contributed by atoms with Crippen LogP contribution >= 0.6 is 0 Å². The molecule has 134 valence electrons. The quantitative estimate of drug-likeness (QED) is 0.917.